The van der Waals surface area contributed by atoms with Crippen LogP contribution in [0.15, 0.2) is 48.5 Å². The number of hydrogen-bond donors (Lipinski definition) is 4. The third-order valence-corrected chi connectivity index (χ3v) is 3.91. The van der Waals surface area contributed by atoms with Gasteiger partial charge in [-0.1, -0.05) is 30.3 Å². The van der Waals surface area contributed by atoms with Crippen LogP contribution in [-0.4, -0.2) is 40.2 Å². The molecule has 2 aromatic rings. The Morgan fingerprint density at radius 2 is 1.81 bits per heavy atom. The lowest BCUT2D eigenvalue weighted by Gasteiger charge is -2.26. The zero-order chi connectivity index (χ0) is 19.8. The first-order valence-corrected chi connectivity index (χ1v) is 8.30. The first kappa shape index (κ1) is 20.8. The molecular weight excluding hydrogens is 360 g/mol. The zero-order valence-corrected chi connectivity index (χ0v) is 14.4. The minimum atomic E-state index is -1.66. The summed E-state index contributed by atoms with van der Waals surface area (Å²) in [6.07, 6.45) is -4.15. The fourth-order valence-electron chi connectivity index (χ4n) is 2.51. The van der Waals surface area contributed by atoms with Crippen LogP contribution in [0.5, 0.6) is 0 Å². The van der Waals surface area contributed by atoms with E-state index < -0.39 is 42.6 Å². The van der Waals surface area contributed by atoms with E-state index in [2.05, 4.69) is 5.32 Å². The highest BCUT2D eigenvalue weighted by molar-refractivity contribution is 5.67. The zero-order valence-electron chi connectivity index (χ0n) is 14.4. The third-order valence-electron chi connectivity index (χ3n) is 3.91. The molecule has 3 atom stereocenters. The van der Waals surface area contributed by atoms with E-state index in [1.165, 1.54) is 0 Å². The van der Waals surface area contributed by atoms with E-state index >= 15 is 0 Å². The Morgan fingerprint density at radius 1 is 1.11 bits per heavy atom. The van der Waals surface area contributed by atoms with E-state index in [9.17, 15) is 23.8 Å². The second-order valence-electron chi connectivity index (χ2n) is 6.00. The summed E-state index contributed by atoms with van der Waals surface area (Å²) in [5, 5.41) is 31.4. The number of rotatable bonds is 8. The maximum atomic E-state index is 13.9. The Hall–Kier alpha value is -2.55. The van der Waals surface area contributed by atoms with E-state index in [4.69, 9.17) is 9.84 Å². The standard InChI is InChI=1S/C19H21F2NO5/c20-13-6-7-16(21)15(8-13)18(25)17(9-14(24)10-23)22-19(26)27-11-12-4-2-1-3-5-12/h1-8,14,17-18,23-25H,9-11H2,(H,22,26)/t14-,17-,18+/m0/s1. The fourth-order valence-corrected chi connectivity index (χ4v) is 2.51. The van der Waals surface area contributed by atoms with Gasteiger partial charge in [-0.05, 0) is 30.2 Å². The molecule has 4 N–H and O–H groups in total. The van der Waals surface area contributed by atoms with Gasteiger partial charge in [0, 0.05) is 5.56 Å². The van der Waals surface area contributed by atoms with Gasteiger partial charge < -0.3 is 25.4 Å². The van der Waals surface area contributed by atoms with Crippen molar-refractivity contribution in [3.05, 3.63) is 71.3 Å². The topological polar surface area (TPSA) is 99.0 Å². The van der Waals surface area contributed by atoms with Crippen molar-refractivity contribution in [3.8, 4) is 0 Å². The van der Waals surface area contributed by atoms with Crippen LogP contribution in [0.4, 0.5) is 13.6 Å². The van der Waals surface area contributed by atoms with Crippen molar-refractivity contribution >= 4 is 6.09 Å². The molecular formula is C19H21F2NO5. The lowest BCUT2D eigenvalue weighted by atomic mass is 9.97. The summed E-state index contributed by atoms with van der Waals surface area (Å²) in [6, 6.07) is 10.2. The van der Waals surface area contributed by atoms with E-state index in [1.807, 2.05) is 0 Å². The van der Waals surface area contributed by atoms with Gasteiger partial charge in [-0.2, -0.15) is 0 Å². The number of amides is 1. The van der Waals surface area contributed by atoms with Crippen molar-refractivity contribution in [1.82, 2.24) is 5.32 Å². The molecule has 2 rings (SSSR count). The van der Waals surface area contributed by atoms with Crippen LogP contribution in [0.25, 0.3) is 0 Å². The van der Waals surface area contributed by atoms with E-state index in [1.54, 1.807) is 30.3 Å². The van der Waals surface area contributed by atoms with Crippen molar-refractivity contribution in [2.75, 3.05) is 6.61 Å². The molecule has 0 radical (unpaired) electrons. The van der Waals surface area contributed by atoms with Gasteiger partial charge in [0.05, 0.1) is 18.8 Å². The molecule has 0 fully saturated rings. The minimum absolute atomic E-state index is 0.0353. The molecule has 0 aliphatic heterocycles. The van der Waals surface area contributed by atoms with Gasteiger partial charge in [0.15, 0.2) is 0 Å². The van der Waals surface area contributed by atoms with Gasteiger partial charge in [-0.25, -0.2) is 13.6 Å². The second kappa shape index (κ2) is 9.96. The SMILES string of the molecule is O=C(N[C@@H](C[C@H](O)CO)[C@H](O)c1cc(F)ccc1F)OCc1ccccc1. The second-order valence-corrected chi connectivity index (χ2v) is 6.00. The summed E-state index contributed by atoms with van der Waals surface area (Å²) < 4.78 is 32.4. The first-order chi connectivity index (χ1) is 12.9. The van der Waals surface area contributed by atoms with Gasteiger partial charge in [-0.3, -0.25) is 0 Å². The molecule has 0 heterocycles. The third kappa shape index (κ3) is 6.28. The summed E-state index contributed by atoms with van der Waals surface area (Å²) in [6.45, 7) is -0.665. The van der Waals surface area contributed by atoms with Crippen molar-refractivity contribution in [1.29, 1.82) is 0 Å². The molecule has 8 heteroatoms. The summed E-state index contributed by atoms with van der Waals surface area (Å²) in [4.78, 5) is 12.0. The van der Waals surface area contributed by atoms with Crippen LogP contribution in [0, 0.1) is 11.6 Å². The molecule has 0 unspecified atom stereocenters. The van der Waals surface area contributed by atoms with Crippen molar-refractivity contribution < 1.29 is 33.6 Å². The number of halogens is 2. The molecule has 0 aliphatic rings. The van der Waals surface area contributed by atoms with Crippen molar-refractivity contribution in [2.24, 2.45) is 0 Å². The molecule has 0 aliphatic carbocycles. The molecule has 0 saturated heterocycles. The molecule has 27 heavy (non-hydrogen) atoms. The molecule has 146 valence electrons. The van der Waals surface area contributed by atoms with E-state index in [0.29, 0.717) is 0 Å². The lowest BCUT2D eigenvalue weighted by molar-refractivity contribution is 0.0437. The van der Waals surface area contributed by atoms with Crippen LogP contribution >= 0.6 is 0 Å². The Morgan fingerprint density at radius 3 is 2.48 bits per heavy atom. The van der Waals surface area contributed by atoms with Crippen LogP contribution in [0.3, 0.4) is 0 Å². The molecule has 0 saturated carbocycles. The number of aliphatic hydroxyl groups is 3. The number of benzene rings is 2. The average Bonchev–Trinajstić information content (AvgIpc) is 2.67. The van der Waals surface area contributed by atoms with Gasteiger partial charge in [0.2, 0.25) is 0 Å². The smallest absolute Gasteiger partial charge is 0.407 e. The number of carbonyl (C=O) groups excluding carboxylic acids is 1. The van der Waals surface area contributed by atoms with Crippen LogP contribution < -0.4 is 5.32 Å². The Bertz CT molecular complexity index is 744. The fraction of sp³-hybridized carbons (Fsp3) is 0.316. The number of hydrogen-bond acceptors (Lipinski definition) is 5. The van der Waals surface area contributed by atoms with Gasteiger partial charge in [0.1, 0.15) is 24.3 Å². The van der Waals surface area contributed by atoms with Crippen molar-refractivity contribution in [3.63, 3.8) is 0 Å². The van der Waals surface area contributed by atoms with Crippen LogP contribution in [0.1, 0.15) is 23.7 Å². The molecule has 2 aromatic carbocycles. The Balaban J connectivity index is 2.08. The van der Waals surface area contributed by atoms with Gasteiger partial charge >= 0.3 is 6.09 Å². The van der Waals surface area contributed by atoms with Crippen molar-refractivity contribution in [2.45, 2.75) is 31.3 Å². The van der Waals surface area contributed by atoms with E-state index in [-0.39, 0.29) is 18.6 Å². The predicted molar refractivity (Wildman–Crippen MR) is 92.6 cm³/mol. The van der Waals surface area contributed by atoms with Crippen LogP contribution in [-0.2, 0) is 11.3 Å². The Labute approximate surface area is 155 Å². The molecule has 1 amide bonds. The van der Waals surface area contributed by atoms with Gasteiger partial charge in [0.25, 0.3) is 0 Å². The Kier molecular flexibility index (Phi) is 7.66. The number of aliphatic hydroxyl groups excluding tert-OH is 3. The first-order valence-electron chi connectivity index (χ1n) is 8.30. The maximum absolute atomic E-state index is 13.9. The molecule has 0 bridgehead atoms. The summed E-state index contributed by atoms with van der Waals surface area (Å²) in [5.74, 6) is -1.63. The average molecular weight is 381 g/mol. The molecule has 0 spiro atoms. The molecule has 0 aromatic heterocycles. The quantitative estimate of drug-likeness (QED) is 0.561. The number of ether oxygens (including phenoxy) is 1. The summed E-state index contributed by atoms with van der Waals surface area (Å²) >= 11 is 0. The monoisotopic (exact) mass is 381 g/mol. The number of carbonyl (C=O) groups is 1. The number of alkyl carbamates (subject to hydrolysis) is 1. The highest BCUT2D eigenvalue weighted by Gasteiger charge is 2.28. The predicted octanol–water partition coefficient (Wildman–Crippen LogP) is 2.04. The van der Waals surface area contributed by atoms with Crippen LogP contribution in [0.2, 0.25) is 0 Å². The lowest BCUT2D eigenvalue weighted by Crippen LogP contribution is -2.42. The minimum Gasteiger partial charge on any atom is -0.445 e. The summed E-state index contributed by atoms with van der Waals surface area (Å²) in [5.41, 5.74) is 0.352. The number of nitrogens with one attached hydrogen (secondary N) is 1. The summed E-state index contributed by atoms with van der Waals surface area (Å²) in [7, 11) is 0. The maximum Gasteiger partial charge on any atom is 0.407 e. The highest BCUT2D eigenvalue weighted by atomic mass is 19.1. The largest absolute Gasteiger partial charge is 0.445 e. The molecule has 6 nitrogen and oxygen atoms in total. The van der Waals surface area contributed by atoms with Gasteiger partial charge in [-0.15, -0.1) is 0 Å². The van der Waals surface area contributed by atoms with E-state index in [0.717, 1.165) is 23.8 Å². The normalized spacial score (nSPS) is 14.3. The highest BCUT2D eigenvalue weighted by Crippen LogP contribution is 2.24.